The molecule has 1 aromatic heterocycles. The number of halogens is 1. The molecule has 0 amide bonds. The van der Waals surface area contributed by atoms with E-state index in [1.807, 2.05) is 6.92 Å². The summed E-state index contributed by atoms with van der Waals surface area (Å²) in [7, 11) is -1.27. The van der Waals surface area contributed by atoms with E-state index in [0.29, 0.717) is 29.4 Å². The third-order valence-electron chi connectivity index (χ3n) is 5.55. The second-order valence-electron chi connectivity index (χ2n) is 7.71. The molecule has 4 aromatic rings. The van der Waals surface area contributed by atoms with Gasteiger partial charge in [0.05, 0.1) is 36.6 Å². The van der Waals surface area contributed by atoms with Crippen molar-refractivity contribution in [2.24, 2.45) is 0 Å². The largest absolute Gasteiger partial charge is 0.494 e. The van der Waals surface area contributed by atoms with Crippen molar-refractivity contribution in [1.29, 1.82) is 0 Å². The molecule has 0 bridgehead atoms. The molecule has 9 heteroatoms. The van der Waals surface area contributed by atoms with Crippen LogP contribution in [-0.2, 0) is 16.4 Å². The highest BCUT2D eigenvalue weighted by atomic mass is 32.2. The Morgan fingerprint density at radius 2 is 1.54 bits per heavy atom. The Hall–Kier alpha value is -3.85. The van der Waals surface area contributed by atoms with Gasteiger partial charge in [-0.2, -0.15) is 0 Å². The molecule has 0 aliphatic carbocycles. The first-order valence-electron chi connectivity index (χ1n) is 10.8. The maximum absolute atomic E-state index is 13.5. The third kappa shape index (κ3) is 4.72. The fraction of sp³-hybridized carbons (Fsp3) is 0.192. The lowest BCUT2D eigenvalue weighted by Gasteiger charge is -2.16. The molecule has 0 saturated heterocycles. The summed E-state index contributed by atoms with van der Waals surface area (Å²) in [5, 5.41) is 0.150. The van der Waals surface area contributed by atoms with E-state index >= 15 is 0 Å². The summed E-state index contributed by atoms with van der Waals surface area (Å²) < 4.78 is 58.2. The van der Waals surface area contributed by atoms with Crippen LogP contribution in [0.1, 0.15) is 12.5 Å². The first-order chi connectivity index (χ1) is 16.8. The van der Waals surface area contributed by atoms with Crippen molar-refractivity contribution in [3.63, 3.8) is 0 Å². The number of fused-ring (bicyclic) bond motifs is 1. The Morgan fingerprint density at radius 1 is 0.914 bits per heavy atom. The number of aromatic nitrogens is 1. The molecule has 1 heterocycles. The topological polar surface area (TPSA) is 83.8 Å². The van der Waals surface area contributed by atoms with Gasteiger partial charge < -0.3 is 18.8 Å². The van der Waals surface area contributed by atoms with Gasteiger partial charge in [-0.1, -0.05) is 12.1 Å². The van der Waals surface area contributed by atoms with Crippen LogP contribution in [0.4, 0.5) is 4.39 Å². The average molecular weight is 498 g/mol. The highest BCUT2D eigenvalue weighted by Crippen LogP contribution is 2.32. The van der Waals surface area contributed by atoms with Gasteiger partial charge in [0.15, 0.2) is 11.5 Å². The van der Waals surface area contributed by atoms with E-state index in [9.17, 15) is 17.6 Å². The molecule has 0 aliphatic rings. The number of nitrogens with zero attached hydrogens (tertiary/aromatic N) is 1. The molecule has 0 radical (unpaired) electrons. The van der Waals surface area contributed by atoms with Gasteiger partial charge in [-0.15, -0.1) is 0 Å². The number of hydrogen-bond acceptors (Lipinski definition) is 6. The van der Waals surface area contributed by atoms with Gasteiger partial charge in [0.1, 0.15) is 16.5 Å². The molecule has 0 spiro atoms. The molecule has 3 aromatic carbocycles. The summed E-state index contributed by atoms with van der Waals surface area (Å²) in [6.07, 6.45) is 1.31. The number of methoxy groups -OCH3 is 2. The SMILES string of the molecule is CCOc1ccc(S(=O)(=O)c2cn(Cc3ccc(F)cc3)c3cc(OC)c(OC)cc3c2=O)cc1. The Bertz CT molecular complexity index is 1530. The Kier molecular flexibility index (Phi) is 6.79. The van der Waals surface area contributed by atoms with Crippen LogP contribution in [0.5, 0.6) is 17.2 Å². The van der Waals surface area contributed by atoms with Gasteiger partial charge in [0.2, 0.25) is 15.3 Å². The molecular formula is C26H24FNO6S. The number of pyridine rings is 1. The molecule has 35 heavy (non-hydrogen) atoms. The quantitative estimate of drug-likeness (QED) is 0.358. The number of benzene rings is 3. The van der Waals surface area contributed by atoms with Crippen LogP contribution < -0.4 is 19.6 Å². The minimum Gasteiger partial charge on any atom is -0.494 e. The zero-order chi connectivity index (χ0) is 25.2. The monoisotopic (exact) mass is 497 g/mol. The second-order valence-corrected chi connectivity index (χ2v) is 9.63. The van der Waals surface area contributed by atoms with Crippen molar-refractivity contribution in [3.05, 3.63) is 88.5 Å². The molecule has 0 N–H and O–H groups in total. The van der Waals surface area contributed by atoms with Crippen molar-refractivity contribution in [2.45, 2.75) is 23.3 Å². The minimum absolute atomic E-state index is 0.0359. The van der Waals surface area contributed by atoms with E-state index in [4.69, 9.17) is 14.2 Å². The zero-order valence-electron chi connectivity index (χ0n) is 19.4. The number of ether oxygens (including phenoxy) is 3. The predicted molar refractivity (Wildman–Crippen MR) is 130 cm³/mol. The number of sulfone groups is 1. The Balaban J connectivity index is 1.95. The van der Waals surface area contributed by atoms with E-state index in [-0.39, 0.29) is 27.5 Å². The molecule has 182 valence electrons. The normalized spacial score (nSPS) is 11.4. The molecule has 4 rings (SSSR count). The van der Waals surface area contributed by atoms with Crippen LogP contribution in [0.25, 0.3) is 10.9 Å². The highest BCUT2D eigenvalue weighted by Gasteiger charge is 2.25. The Labute approximate surface area is 202 Å². The van der Waals surface area contributed by atoms with Crippen LogP contribution in [0.15, 0.2) is 81.4 Å². The van der Waals surface area contributed by atoms with Crippen molar-refractivity contribution in [2.75, 3.05) is 20.8 Å². The van der Waals surface area contributed by atoms with Crippen LogP contribution in [0.3, 0.4) is 0 Å². The molecular weight excluding hydrogens is 473 g/mol. The van der Waals surface area contributed by atoms with Gasteiger partial charge in [0, 0.05) is 18.8 Å². The van der Waals surface area contributed by atoms with E-state index in [1.165, 1.54) is 50.7 Å². The van der Waals surface area contributed by atoms with Crippen molar-refractivity contribution in [1.82, 2.24) is 4.57 Å². The maximum atomic E-state index is 13.5. The average Bonchev–Trinajstić information content (AvgIpc) is 2.86. The van der Waals surface area contributed by atoms with Gasteiger partial charge >= 0.3 is 0 Å². The van der Waals surface area contributed by atoms with Gasteiger partial charge in [-0.25, -0.2) is 12.8 Å². The van der Waals surface area contributed by atoms with E-state index in [0.717, 1.165) is 5.56 Å². The lowest BCUT2D eigenvalue weighted by molar-refractivity contribution is 0.340. The maximum Gasteiger partial charge on any atom is 0.211 e. The van der Waals surface area contributed by atoms with Crippen LogP contribution in [0.2, 0.25) is 0 Å². The van der Waals surface area contributed by atoms with E-state index in [1.54, 1.807) is 34.9 Å². The van der Waals surface area contributed by atoms with Crippen LogP contribution in [-0.4, -0.2) is 33.8 Å². The first-order valence-corrected chi connectivity index (χ1v) is 12.3. The Morgan fingerprint density at radius 3 is 2.14 bits per heavy atom. The van der Waals surface area contributed by atoms with Crippen molar-refractivity contribution < 1.29 is 27.0 Å². The van der Waals surface area contributed by atoms with Crippen molar-refractivity contribution in [3.8, 4) is 17.2 Å². The van der Waals surface area contributed by atoms with Crippen LogP contribution >= 0.6 is 0 Å². The van der Waals surface area contributed by atoms with E-state index < -0.39 is 15.3 Å². The lowest BCUT2D eigenvalue weighted by Crippen LogP contribution is -2.20. The third-order valence-corrected chi connectivity index (χ3v) is 7.32. The second kappa shape index (κ2) is 9.79. The summed E-state index contributed by atoms with van der Waals surface area (Å²) in [6.45, 7) is 2.46. The summed E-state index contributed by atoms with van der Waals surface area (Å²) in [5.74, 6) is 0.814. The molecule has 0 saturated carbocycles. The predicted octanol–water partition coefficient (Wildman–Crippen LogP) is 4.44. The van der Waals surface area contributed by atoms with Crippen LogP contribution in [0, 0.1) is 5.82 Å². The molecule has 0 aliphatic heterocycles. The summed E-state index contributed by atoms with van der Waals surface area (Å²) in [4.78, 5) is 13.1. The van der Waals surface area contributed by atoms with E-state index in [2.05, 4.69) is 0 Å². The molecule has 0 atom stereocenters. The smallest absolute Gasteiger partial charge is 0.211 e. The van der Waals surface area contributed by atoms with Gasteiger partial charge in [0.25, 0.3) is 0 Å². The standard InChI is InChI=1S/C26H24FNO6S/c1-4-34-19-9-11-20(12-10-19)35(30,31)25-16-28(15-17-5-7-18(27)8-6-17)22-14-24(33-3)23(32-2)13-21(22)26(25)29/h5-14,16H,4,15H2,1-3H3. The lowest BCUT2D eigenvalue weighted by atomic mass is 10.1. The summed E-state index contributed by atoms with van der Waals surface area (Å²) >= 11 is 0. The molecule has 7 nitrogen and oxygen atoms in total. The van der Waals surface area contributed by atoms with Crippen molar-refractivity contribution >= 4 is 20.7 Å². The molecule has 0 unspecified atom stereocenters. The fourth-order valence-corrected chi connectivity index (χ4v) is 5.18. The van der Waals surface area contributed by atoms with Gasteiger partial charge in [-0.3, -0.25) is 4.79 Å². The zero-order valence-corrected chi connectivity index (χ0v) is 20.3. The fourth-order valence-electron chi connectivity index (χ4n) is 3.81. The minimum atomic E-state index is -4.17. The number of rotatable bonds is 8. The molecule has 0 fully saturated rings. The summed E-state index contributed by atoms with van der Waals surface area (Å²) in [6, 6.07) is 14.8. The summed E-state index contributed by atoms with van der Waals surface area (Å²) in [5.41, 5.74) is 0.503. The number of hydrogen-bond donors (Lipinski definition) is 0. The first kappa shape index (κ1) is 24.3. The van der Waals surface area contributed by atoms with Gasteiger partial charge in [-0.05, 0) is 55.0 Å². The highest BCUT2D eigenvalue weighted by molar-refractivity contribution is 7.91.